The first-order valence-electron chi connectivity index (χ1n) is 10.5. The largest absolute Gasteiger partial charge is 0.508 e. The Morgan fingerprint density at radius 3 is 2.77 bits per heavy atom. The Labute approximate surface area is 175 Å². The quantitative estimate of drug-likeness (QED) is 0.538. The van der Waals surface area contributed by atoms with Gasteiger partial charge in [0.1, 0.15) is 11.6 Å². The Morgan fingerprint density at radius 2 is 1.97 bits per heavy atom. The van der Waals surface area contributed by atoms with Gasteiger partial charge in [0.25, 0.3) is 0 Å². The minimum Gasteiger partial charge on any atom is -0.508 e. The zero-order chi connectivity index (χ0) is 20.9. The normalized spacial score (nSPS) is 15.5. The zero-order valence-electron chi connectivity index (χ0n) is 17.1. The van der Waals surface area contributed by atoms with Crippen molar-refractivity contribution in [1.29, 1.82) is 0 Å². The summed E-state index contributed by atoms with van der Waals surface area (Å²) in [6.07, 6.45) is 2.89. The molecular weight excluding hydrogens is 387 g/mol. The number of piperidine rings is 1. The summed E-state index contributed by atoms with van der Waals surface area (Å²) in [5.41, 5.74) is 1.46. The van der Waals surface area contributed by atoms with Gasteiger partial charge in [-0.3, -0.25) is 0 Å². The van der Waals surface area contributed by atoms with Crippen LogP contribution < -0.4 is 9.47 Å². The van der Waals surface area contributed by atoms with Gasteiger partial charge in [0, 0.05) is 30.0 Å². The van der Waals surface area contributed by atoms with E-state index in [1.807, 2.05) is 6.92 Å². The summed E-state index contributed by atoms with van der Waals surface area (Å²) in [7, 11) is 0. The Morgan fingerprint density at radius 1 is 1.13 bits per heavy atom. The fraction of sp³-hybridized carbons (Fsp3) is 0.435. The number of nitrogens with zero attached hydrogens (tertiary/aromatic N) is 2. The summed E-state index contributed by atoms with van der Waals surface area (Å²) in [5, 5.41) is 14.8. The first-order valence-corrected chi connectivity index (χ1v) is 10.5. The number of rotatable bonds is 8. The summed E-state index contributed by atoms with van der Waals surface area (Å²) in [6.45, 7) is 5.93. The molecule has 1 aliphatic heterocycles. The van der Waals surface area contributed by atoms with Gasteiger partial charge in [0.2, 0.25) is 0 Å². The maximum Gasteiger partial charge on any atom is 0.170 e. The highest BCUT2D eigenvalue weighted by molar-refractivity contribution is 5.79. The molecule has 4 rings (SSSR count). The molecule has 7 heteroatoms. The van der Waals surface area contributed by atoms with Crippen molar-refractivity contribution in [3.8, 4) is 17.2 Å². The Bertz CT molecular complexity index is 982. The van der Waals surface area contributed by atoms with Gasteiger partial charge in [0.05, 0.1) is 18.9 Å². The van der Waals surface area contributed by atoms with Gasteiger partial charge in [-0.2, -0.15) is 0 Å². The lowest BCUT2D eigenvalue weighted by Crippen LogP contribution is -2.34. The number of hydrogen-bond acceptors (Lipinski definition) is 6. The van der Waals surface area contributed by atoms with E-state index < -0.39 is 0 Å². The summed E-state index contributed by atoms with van der Waals surface area (Å²) >= 11 is 0. The molecule has 30 heavy (non-hydrogen) atoms. The van der Waals surface area contributed by atoms with Crippen molar-refractivity contribution in [2.24, 2.45) is 0 Å². The maximum atomic E-state index is 13.4. The molecule has 0 atom stereocenters. The van der Waals surface area contributed by atoms with Gasteiger partial charge in [-0.05, 0) is 63.5 Å². The van der Waals surface area contributed by atoms with Crippen LogP contribution in [0.2, 0.25) is 0 Å². The number of likely N-dealkylation sites (tertiary alicyclic amines) is 1. The summed E-state index contributed by atoms with van der Waals surface area (Å²) in [5.74, 6) is 1.42. The van der Waals surface area contributed by atoms with Crippen LogP contribution in [0.25, 0.3) is 11.0 Å². The van der Waals surface area contributed by atoms with Crippen LogP contribution in [0.15, 0.2) is 40.9 Å². The number of hydrogen-bond donors (Lipinski definition) is 1. The number of phenols is 1. The molecule has 2 aromatic carbocycles. The number of phenolic OH excluding ortho intramolecular Hbond substituents is 1. The van der Waals surface area contributed by atoms with E-state index in [2.05, 4.69) is 10.1 Å². The van der Waals surface area contributed by atoms with Gasteiger partial charge in [-0.1, -0.05) is 5.16 Å². The summed E-state index contributed by atoms with van der Waals surface area (Å²) in [4.78, 5) is 2.42. The lowest BCUT2D eigenvalue weighted by molar-refractivity contribution is 0.188. The van der Waals surface area contributed by atoms with E-state index in [-0.39, 0.29) is 11.6 Å². The lowest BCUT2D eigenvalue weighted by Gasteiger charge is -2.31. The van der Waals surface area contributed by atoms with E-state index in [1.54, 1.807) is 24.3 Å². The number of ether oxygens (including phenoxy) is 2. The number of aromatic hydroxyl groups is 1. The first kappa shape index (κ1) is 20.5. The molecule has 6 nitrogen and oxygen atoms in total. The molecule has 1 saturated heterocycles. The molecular formula is C23H27FN2O4. The Hall–Kier alpha value is -2.80. The lowest BCUT2D eigenvalue weighted by atomic mass is 9.91. The molecule has 1 aliphatic rings. The SMILES string of the molecule is CCOc1ccc(O)cc1OCCCN1CCC(c2noc3cc(F)ccc23)CC1. The van der Waals surface area contributed by atoms with Crippen LogP contribution in [0.5, 0.6) is 17.2 Å². The van der Waals surface area contributed by atoms with Crippen molar-refractivity contribution in [1.82, 2.24) is 10.1 Å². The second kappa shape index (κ2) is 9.34. The average Bonchev–Trinajstić information content (AvgIpc) is 3.16. The van der Waals surface area contributed by atoms with Gasteiger partial charge >= 0.3 is 0 Å². The van der Waals surface area contributed by atoms with Crippen molar-refractivity contribution < 1.29 is 23.5 Å². The highest BCUT2D eigenvalue weighted by Gasteiger charge is 2.25. The van der Waals surface area contributed by atoms with E-state index >= 15 is 0 Å². The molecule has 0 saturated carbocycles. The minimum absolute atomic E-state index is 0.165. The highest BCUT2D eigenvalue weighted by atomic mass is 19.1. The fourth-order valence-electron chi connectivity index (χ4n) is 4.01. The standard InChI is InChI=1S/C23H27FN2O4/c1-2-28-20-7-5-18(27)15-22(20)29-13-3-10-26-11-8-16(9-12-26)23-19-6-4-17(24)14-21(19)30-25-23/h4-7,14-16,27H,2-3,8-13H2,1H3. The van der Waals surface area contributed by atoms with Crippen molar-refractivity contribution in [3.63, 3.8) is 0 Å². The number of fused-ring (bicyclic) bond motifs is 1. The topological polar surface area (TPSA) is 68.0 Å². The smallest absolute Gasteiger partial charge is 0.170 e. The molecule has 0 amide bonds. The molecule has 1 N–H and O–H groups in total. The van der Waals surface area contributed by atoms with Crippen LogP contribution in [0.4, 0.5) is 4.39 Å². The third-order valence-corrected chi connectivity index (χ3v) is 5.54. The van der Waals surface area contributed by atoms with Gasteiger partial charge < -0.3 is 24.0 Å². The number of halogens is 1. The van der Waals surface area contributed by atoms with E-state index in [9.17, 15) is 9.50 Å². The molecule has 0 bridgehead atoms. The monoisotopic (exact) mass is 414 g/mol. The van der Waals surface area contributed by atoms with Crippen LogP contribution >= 0.6 is 0 Å². The molecule has 0 aliphatic carbocycles. The van der Waals surface area contributed by atoms with E-state index in [4.69, 9.17) is 14.0 Å². The number of benzene rings is 2. The van der Waals surface area contributed by atoms with E-state index in [1.165, 1.54) is 12.1 Å². The van der Waals surface area contributed by atoms with Crippen molar-refractivity contribution in [2.75, 3.05) is 32.8 Å². The predicted molar refractivity (Wildman–Crippen MR) is 112 cm³/mol. The fourth-order valence-corrected chi connectivity index (χ4v) is 4.01. The molecule has 0 spiro atoms. The van der Waals surface area contributed by atoms with Crippen LogP contribution in [-0.4, -0.2) is 48.0 Å². The van der Waals surface area contributed by atoms with Crippen LogP contribution in [0.3, 0.4) is 0 Å². The van der Waals surface area contributed by atoms with E-state index in [0.717, 1.165) is 50.0 Å². The second-order valence-corrected chi connectivity index (χ2v) is 7.59. The van der Waals surface area contributed by atoms with Crippen LogP contribution in [0.1, 0.15) is 37.8 Å². The average molecular weight is 414 g/mol. The van der Waals surface area contributed by atoms with Gasteiger partial charge in [0.15, 0.2) is 17.1 Å². The van der Waals surface area contributed by atoms with Gasteiger partial charge in [-0.15, -0.1) is 0 Å². The summed E-state index contributed by atoms with van der Waals surface area (Å²) < 4.78 is 30.0. The van der Waals surface area contributed by atoms with Crippen LogP contribution in [0, 0.1) is 5.82 Å². The Balaban J connectivity index is 1.24. The molecule has 3 aromatic rings. The highest BCUT2D eigenvalue weighted by Crippen LogP contribution is 2.33. The molecule has 1 aromatic heterocycles. The second-order valence-electron chi connectivity index (χ2n) is 7.59. The minimum atomic E-state index is -0.304. The maximum absolute atomic E-state index is 13.4. The zero-order valence-corrected chi connectivity index (χ0v) is 17.1. The number of aromatic nitrogens is 1. The molecule has 0 radical (unpaired) electrons. The van der Waals surface area contributed by atoms with E-state index in [0.29, 0.717) is 36.2 Å². The van der Waals surface area contributed by atoms with Crippen molar-refractivity contribution >= 4 is 11.0 Å². The first-order chi connectivity index (χ1) is 14.6. The third-order valence-electron chi connectivity index (χ3n) is 5.54. The van der Waals surface area contributed by atoms with Crippen LogP contribution in [-0.2, 0) is 0 Å². The molecule has 1 fully saturated rings. The molecule has 0 unspecified atom stereocenters. The predicted octanol–water partition coefficient (Wildman–Crippen LogP) is 4.72. The summed E-state index contributed by atoms with van der Waals surface area (Å²) in [6, 6.07) is 9.52. The molecule has 160 valence electrons. The van der Waals surface area contributed by atoms with Crippen molar-refractivity contribution in [3.05, 3.63) is 47.9 Å². The Kier molecular flexibility index (Phi) is 6.38. The third kappa shape index (κ3) is 4.67. The van der Waals surface area contributed by atoms with Gasteiger partial charge in [-0.25, -0.2) is 4.39 Å². The van der Waals surface area contributed by atoms with Crippen molar-refractivity contribution in [2.45, 2.75) is 32.1 Å². The molecule has 2 heterocycles.